The molecule has 0 spiro atoms. The van der Waals surface area contributed by atoms with Crippen molar-refractivity contribution in [3.63, 3.8) is 0 Å². The molecule has 1 N–H and O–H groups in total. The summed E-state index contributed by atoms with van der Waals surface area (Å²) in [6, 6.07) is 14.9. The zero-order chi connectivity index (χ0) is 13.9. The lowest BCUT2D eigenvalue weighted by molar-refractivity contribution is 0.875. The quantitative estimate of drug-likeness (QED) is 0.768. The van der Waals surface area contributed by atoms with Crippen molar-refractivity contribution in [2.24, 2.45) is 0 Å². The van der Waals surface area contributed by atoms with Crippen LogP contribution in [0.1, 0.15) is 22.7 Å². The average molecular weight is 283 g/mol. The molecule has 0 amide bonds. The Morgan fingerprint density at radius 2 is 2.10 bits per heavy atom. The molecule has 0 aliphatic carbocycles. The number of aryl methyl sites for hydroxylation is 1. The minimum atomic E-state index is 0.307. The number of hydrogen-bond acceptors (Lipinski definition) is 3. The lowest BCUT2D eigenvalue weighted by Crippen LogP contribution is -2.05. The van der Waals surface area contributed by atoms with Crippen molar-refractivity contribution in [3.05, 3.63) is 64.6 Å². The molecule has 0 saturated heterocycles. The highest BCUT2D eigenvalue weighted by atomic mass is 32.1. The van der Waals surface area contributed by atoms with E-state index in [0.29, 0.717) is 6.04 Å². The standard InChI is InChI=1S/C16H17N3S/c1-12-7-8-16(20-12)13(2)18-14-5-3-6-15(11-14)19-10-4-9-17-19/h3-11,13,18H,1-2H3. The van der Waals surface area contributed by atoms with Crippen LogP contribution in [-0.2, 0) is 0 Å². The molecule has 0 radical (unpaired) electrons. The first-order valence-electron chi connectivity index (χ1n) is 6.65. The van der Waals surface area contributed by atoms with Gasteiger partial charge in [-0.3, -0.25) is 0 Å². The molecule has 4 heteroatoms. The molecule has 102 valence electrons. The van der Waals surface area contributed by atoms with Gasteiger partial charge < -0.3 is 5.32 Å². The van der Waals surface area contributed by atoms with Crippen LogP contribution < -0.4 is 5.32 Å². The lowest BCUT2D eigenvalue weighted by atomic mass is 10.2. The summed E-state index contributed by atoms with van der Waals surface area (Å²) in [6.45, 7) is 4.32. The van der Waals surface area contributed by atoms with Gasteiger partial charge in [-0.1, -0.05) is 6.07 Å². The first kappa shape index (κ1) is 12.9. The van der Waals surface area contributed by atoms with Crippen molar-refractivity contribution in [2.75, 3.05) is 5.32 Å². The Balaban J connectivity index is 1.79. The van der Waals surface area contributed by atoms with Gasteiger partial charge in [0.1, 0.15) is 0 Å². The highest BCUT2D eigenvalue weighted by Gasteiger charge is 2.08. The fourth-order valence-corrected chi connectivity index (χ4v) is 3.05. The normalized spacial score (nSPS) is 12.3. The Labute approximate surface area is 122 Å². The third kappa shape index (κ3) is 2.75. The van der Waals surface area contributed by atoms with E-state index in [2.05, 4.69) is 54.6 Å². The highest BCUT2D eigenvalue weighted by molar-refractivity contribution is 7.12. The van der Waals surface area contributed by atoms with Crippen LogP contribution in [0.4, 0.5) is 5.69 Å². The van der Waals surface area contributed by atoms with Crippen LogP contribution in [0, 0.1) is 6.92 Å². The summed E-state index contributed by atoms with van der Waals surface area (Å²) >= 11 is 1.84. The second-order valence-electron chi connectivity index (χ2n) is 4.82. The molecule has 3 rings (SSSR count). The summed E-state index contributed by atoms with van der Waals surface area (Å²) in [4.78, 5) is 2.70. The van der Waals surface area contributed by atoms with Gasteiger partial charge in [0.05, 0.1) is 11.7 Å². The number of nitrogens with zero attached hydrogens (tertiary/aromatic N) is 2. The van der Waals surface area contributed by atoms with Gasteiger partial charge in [-0.05, 0) is 50.2 Å². The Morgan fingerprint density at radius 1 is 1.20 bits per heavy atom. The maximum Gasteiger partial charge on any atom is 0.0666 e. The van der Waals surface area contributed by atoms with E-state index < -0.39 is 0 Å². The van der Waals surface area contributed by atoms with Crippen LogP contribution in [0.3, 0.4) is 0 Å². The molecule has 0 fully saturated rings. The van der Waals surface area contributed by atoms with Crippen molar-refractivity contribution < 1.29 is 0 Å². The molecular weight excluding hydrogens is 266 g/mol. The molecular formula is C16H17N3S. The lowest BCUT2D eigenvalue weighted by Gasteiger charge is -2.14. The van der Waals surface area contributed by atoms with E-state index in [4.69, 9.17) is 0 Å². The number of aromatic nitrogens is 2. The van der Waals surface area contributed by atoms with E-state index in [1.807, 2.05) is 34.3 Å². The molecule has 1 atom stereocenters. The fourth-order valence-electron chi connectivity index (χ4n) is 2.17. The van der Waals surface area contributed by atoms with Crippen LogP contribution in [-0.4, -0.2) is 9.78 Å². The predicted octanol–water partition coefficient (Wildman–Crippen LogP) is 4.42. The molecule has 2 aromatic heterocycles. The van der Waals surface area contributed by atoms with Crippen molar-refractivity contribution in [1.82, 2.24) is 9.78 Å². The number of thiophene rings is 1. The molecule has 3 nitrogen and oxygen atoms in total. The van der Waals surface area contributed by atoms with E-state index in [1.54, 1.807) is 6.20 Å². The van der Waals surface area contributed by atoms with Gasteiger partial charge in [-0.25, -0.2) is 4.68 Å². The second-order valence-corrected chi connectivity index (χ2v) is 6.13. The van der Waals surface area contributed by atoms with Gasteiger partial charge in [0.25, 0.3) is 0 Å². The van der Waals surface area contributed by atoms with Crippen LogP contribution in [0.25, 0.3) is 5.69 Å². The van der Waals surface area contributed by atoms with E-state index in [0.717, 1.165) is 11.4 Å². The summed E-state index contributed by atoms with van der Waals surface area (Å²) in [5, 5.41) is 7.80. The highest BCUT2D eigenvalue weighted by Crippen LogP contribution is 2.26. The van der Waals surface area contributed by atoms with Gasteiger partial charge in [0.15, 0.2) is 0 Å². The van der Waals surface area contributed by atoms with E-state index >= 15 is 0 Å². The molecule has 20 heavy (non-hydrogen) atoms. The van der Waals surface area contributed by atoms with Crippen molar-refractivity contribution in [2.45, 2.75) is 19.9 Å². The molecule has 2 heterocycles. The number of nitrogens with one attached hydrogen (secondary N) is 1. The monoisotopic (exact) mass is 283 g/mol. The fraction of sp³-hybridized carbons (Fsp3) is 0.188. The summed E-state index contributed by atoms with van der Waals surface area (Å²) in [5.74, 6) is 0. The van der Waals surface area contributed by atoms with Crippen molar-refractivity contribution in [1.29, 1.82) is 0 Å². The van der Waals surface area contributed by atoms with E-state index in [9.17, 15) is 0 Å². The molecule has 1 unspecified atom stereocenters. The summed E-state index contributed by atoms with van der Waals surface area (Å²) in [7, 11) is 0. The molecule has 3 aromatic rings. The summed E-state index contributed by atoms with van der Waals surface area (Å²) in [6.07, 6.45) is 3.74. The largest absolute Gasteiger partial charge is 0.378 e. The summed E-state index contributed by atoms with van der Waals surface area (Å²) in [5.41, 5.74) is 2.17. The first-order valence-corrected chi connectivity index (χ1v) is 7.47. The Morgan fingerprint density at radius 3 is 2.80 bits per heavy atom. The maximum atomic E-state index is 4.26. The van der Waals surface area contributed by atoms with Crippen LogP contribution in [0.15, 0.2) is 54.9 Å². The first-order chi connectivity index (χ1) is 9.72. The van der Waals surface area contributed by atoms with Gasteiger partial charge in [0.2, 0.25) is 0 Å². The molecule has 1 aromatic carbocycles. The van der Waals surface area contributed by atoms with E-state index in [1.165, 1.54) is 9.75 Å². The third-order valence-electron chi connectivity index (χ3n) is 3.19. The van der Waals surface area contributed by atoms with Crippen LogP contribution >= 0.6 is 11.3 Å². The number of rotatable bonds is 4. The number of benzene rings is 1. The zero-order valence-electron chi connectivity index (χ0n) is 11.6. The van der Waals surface area contributed by atoms with Crippen molar-refractivity contribution >= 4 is 17.0 Å². The summed E-state index contributed by atoms with van der Waals surface area (Å²) < 4.78 is 1.87. The van der Waals surface area contributed by atoms with Gasteiger partial charge in [0, 0.05) is 27.8 Å². The average Bonchev–Trinajstić information content (AvgIpc) is 3.10. The number of hydrogen-bond donors (Lipinski definition) is 1. The Hall–Kier alpha value is -2.07. The predicted molar refractivity (Wildman–Crippen MR) is 84.7 cm³/mol. The Kier molecular flexibility index (Phi) is 3.56. The third-order valence-corrected chi connectivity index (χ3v) is 4.37. The van der Waals surface area contributed by atoms with Crippen LogP contribution in [0.5, 0.6) is 0 Å². The molecule has 0 aliphatic rings. The number of anilines is 1. The second kappa shape index (κ2) is 5.51. The van der Waals surface area contributed by atoms with Crippen molar-refractivity contribution in [3.8, 4) is 5.69 Å². The SMILES string of the molecule is Cc1ccc(C(C)Nc2cccc(-n3cccn3)c2)s1. The van der Waals surface area contributed by atoms with Crippen LogP contribution in [0.2, 0.25) is 0 Å². The molecule has 0 bridgehead atoms. The van der Waals surface area contributed by atoms with Gasteiger partial charge in [-0.2, -0.15) is 5.10 Å². The topological polar surface area (TPSA) is 29.9 Å². The molecule has 0 saturated carbocycles. The van der Waals surface area contributed by atoms with Gasteiger partial charge in [-0.15, -0.1) is 11.3 Å². The smallest absolute Gasteiger partial charge is 0.0666 e. The Bertz CT molecular complexity index is 685. The minimum absolute atomic E-state index is 0.307. The van der Waals surface area contributed by atoms with E-state index in [-0.39, 0.29) is 0 Å². The molecule has 0 aliphatic heterocycles. The minimum Gasteiger partial charge on any atom is -0.378 e. The van der Waals surface area contributed by atoms with Gasteiger partial charge >= 0.3 is 0 Å². The maximum absolute atomic E-state index is 4.26. The zero-order valence-corrected chi connectivity index (χ0v) is 12.4.